The fourth-order valence-corrected chi connectivity index (χ4v) is 1.34. The van der Waals surface area contributed by atoms with Gasteiger partial charge in [-0.1, -0.05) is 0 Å². The second kappa shape index (κ2) is 6.43. The van der Waals surface area contributed by atoms with Gasteiger partial charge in [0.05, 0.1) is 25.1 Å². The van der Waals surface area contributed by atoms with Crippen LogP contribution in [0.2, 0.25) is 0 Å². The lowest BCUT2D eigenvalue weighted by Gasteiger charge is -2.04. The Morgan fingerprint density at radius 2 is 2.16 bits per heavy atom. The molecule has 0 radical (unpaired) electrons. The standard InChI is InChI=1S/C11H12N2O6/c1-3-19-11(15)9(14)4-7-5-10(18-2)12-6-8(7)13(16)17/h5-6H,3-4H2,1-2H3. The molecule has 102 valence electrons. The number of ether oxygens (including phenoxy) is 2. The van der Waals surface area contributed by atoms with Crippen molar-refractivity contribution in [1.82, 2.24) is 4.98 Å². The number of nitro groups is 1. The summed E-state index contributed by atoms with van der Waals surface area (Å²) >= 11 is 0. The molecule has 0 unspecified atom stereocenters. The quantitative estimate of drug-likeness (QED) is 0.323. The van der Waals surface area contributed by atoms with Crippen molar-refractivity contribution < 1.29 is 24.0 Å². The van der Waals surface area contributed by atoms with Gasteiger partial charge in [0.25, 0.3) is 5.69 Å². The first kappa shape index (κ1) is 14.6. The number of carbonyl (C=O) groups excluding carboxylic acids is 2. The van der Waals surface area contributed by atoms with E-state index in [-0.39, 0.29) is 23.7 Å². The first-order chi connectivity index (χ1) is 8.99. The molecule has 0 aliphatic rings. The predicted molar refractivity (Wildman–Crippen MR) is 62.8 cm³/mol. The van der Waals surface area contributed by atoms with E-state index >= 15 is 0 Å². The predicted octanol–water partition coefficient (Wildman–Crippen LogP) is 0.673. The van der Waals surface area contributed by atoms with E-state index in [2.05, 4.69) is 9.72 Å². The van der Waals surface area contributed by atoms with Gasteiger partial charge in [-0.3, -0.25) is 14.9 Å². The highest BCUT2D eigenvalue weighted by Crippen LogP contribution is 2.22. The lowest BCUT2D eigenvalue weighted by molar-refractivity contribution is -0.385. The van der Waals surface area contributed by atoms with Crippen LogP contribution in [0.3, 0.4) is 0 Å². The number of hydrogen-bond acceptors (Lipinski definition) is 7. The fraction of sp³-hybridized carbons (Fsp3) is 0.364. The summed E-state index contributed by atoms with van der Waals surface area (Å²) in [6, 6.07) is 1.25. The van der Waals surface area contributed by atoms with E-state index in [9.17, 15) is 19.7 Å². The molecular formula is C11H12N2O6. The molecule has 1 aromatic heterocycles. The van der Waals surface area contributed by atoms with Gasteiger partial charge in [0, 0.05) is 11.6 Å². The highest BCUT2D eigenvalue weighted by molar-refractivity contribution is 6.34. The maximum Gasteiger partial charge on any atom is 0.374 e. The summed E-state index contributed by atoms with van der Waals surface area (Å²) in [6.45, 7) is 1.62. The molecule has 8 nitrogen and oxygen atoms in total. The molecular weight excluding hydrogens is 256 g/mol. The van der Waals surface area contributed by atoms with Crippen LogP contribution >= 0.6 is 0 Å². The largest absolute Gasteiger partial charge is 0.481 e. The van der Waals surface area contributed by atoms with E-state index in [1.54, 1.807) is 6.92 Å². The first-order valence-electron chi connectivity index (χ1n) is 5.36. The molecule has 0 saturated carbocycles. The summed E-state index contributed by atoms with van der Waals surface area (Å²) in [5, 5.41) is 10.8. The van der Waals surface area contributed by atoms with Crippen molar-refractivity contribution in [1.29, 1.82) is 0 Å². The summed E-state index contributed by atoms with van der Waals surface area (Å²) in [7, 11) is 1.34. The average molecular weight is 268 g/mol. The van der Waals surface area contributed by atoms with Gasteiger partial charge in [-0.2, -0.15) is 0 Å². The van der Waals surface area contributed by atoms with Crippen LogP contribution in [0.5, 0.6) is 5.88 Å². The van der Waals surface area contributed by atoms with Crippen LogP contribution < -0.4 is 4.74 Å². The van der Waals surface area contributed by atoms with Gasteiger partial charge in [-0.25, -0.2) is 9.78 Å². The third kappa shape index (κ3) is 3.73. The molecule has 8 heteroatoms. The van der Waals surface area contributed by atoms with Crippen LogP contribution in [0.15, 0.2) is 12.3 Å². The van der Waals surface area contributed by atoms with Gasteiger partial charge in [0.2, 0.25) is 11.7 Å². The number of aromatic nitrogens is 1. The van der Waals surface area contributed by atoms with Gasteiger partial charge in [0.1, 0.15) is 6.20 Å². The SMILES string of the molecule is CCOC(=O)C(=O)Cc1cc(OC)ncc1[N+](=O)[O-]. The van der Waals surface area contributed by atoms with Crippen LogP contribution in [-0.2, 0) is 20.7 Å². The van der Waals surface area contributed by atoms with Crippen molar-refractivity contribution in [3.8, 4) is 5.88 Å². The second-order valence-corrected chi connectivity index (χ2v) is 3.43. The Labute approximate surface area is 108 Å². The van der Waals surface area contributed by atoms with Crippen molar-refractivity contribution >= 4 is 17.4 Å². The van der Waals surface area contributed by atoms with Crippen LogP contribution in [0.1, 0.15) is 12.5 Å². The molecule has 0 aromatic carbocycles. The van der Waals surface area contributed by atoms with E-state index in [1.165, 1.54) is 13.2 Å². The van der Waals surface area contributed by atoms with Gasteiger partial charge in [-0.05, 0) is 6.92 Å². The topological polar surface area (TPSA) is 109 Å². The summed E-state index contributed by atoms with van der Waals surface area (Å²) in [5.41, 5.74) is -0.298. The van der Waals surface area contributed by atoms with E-state index in [4.69, 9.17) is 4.74 Å². The monoisotopic (exact) mass is 268 g/mol. The number of ketones is 1. The molecule has 19 heavy (non-hydrogen) atoms. The number of rotatable bonds is 6. The van der Waals surface area contributed by atoms with Gasteiger partial charge >= 0.3 is 5.97 Å². The summed E-state index contributed by atoms with van der Waals surface area (Å²) < 4.78 is 9.35. The zero-order valence-electron chi connectivity index (χ0n) is 10.4. The summed E-state index contributed by atoms with van der Waals surface area (Å²) in [4.78, 5) is 36.5. The van der Waals surface area contributed by atoms with Crippen LogP contribution in [0.25, 0.3) is 0 Å². The number of Topliss-reactive ketones (excluding diaryl/α,β-unsaturated/α-hetero) is 1. The summed E-state index contributed by atoms with van der Waals surface area (Å²) in [6.07, 6.45) is 0.542. The number of nitrogens with zero attached hydrogens (tertiary/aromatic N) is 2. The molecule has 0 atom stereocenters. The average Bonchev–Trinajstić information content (AvgIpc) is 2.38. The summed E-state index contributed by atoms with van der Waals surface area (Å²) in [5.74, 6) is -1.76. The maximum absolute atomic E-state index is 11.5. The highest BCUT2D eigenvalue weighted by atomic mass is 16.6. The molecule has 0 N–H and O–H groups in total. The molecule has 0 fully saturated rings. The number of esters is 1. The molecule has 1 rings (SSSR count). The molecule has 1 aromatic rings. The third-order valence-corrected chi connectivity index (χ3v) is 2.20. The molecule has 0 amide bonds. The molecule has 1 heterocycles. The Bertz CT molecular complexity index is 514. The molecule has 0 aliphatic carbocycles. The molecule has 0 aliphatic heterocycles. The van der Waals surface area contributed by atoms with Gasteiger partial charge in [0.15, 0.2) is 0 Å². The van der Waals surface area contributed by atoms with Crippen LogP contribution in [0.4, 0.5) is 5.69 Å². The Hall–Kier alpha value is -2.51. The molecule has 0 spiro atoms. The highest BCUT2D eigenvalue weighted by Gasteiger charge is 2.22. The normalized spacial score (nSPS) is 9.79. The van der Waals surface area contributed by atoms with E-state index in [0.29, 0.717) is 0 Å². The number of methoxy groups -OCH3 is 1. The zero-order valence-corrected chi connectivity index (χ0v) is 10.4. The minimum Gasteiger partial charge on any atom is -0.481 e. The van der Waals surface area contributed by atoms with E-state index in [1.807, 2.05) is 0 Å². The Morgan fingerprint density at radius 1 is 1.47 bits per heavy atom. The minimum absolute atomic E-state index is 0.0508. The number of pyridine rings is 1. The Kier molecular flexibility index (Phi) is 4.92. The lowest BCUT2D eigenvalue weighted by atomic mass is 10.1. The zero-order chi connectivity index (χ0) is 14.4. The van der Waals surface area contributed by atoms with Crippen LogP contribution in [-0.4, -0.2) is 35.4 Å². The number of hydrogen-bond donors (Lipinski definition) is 0. The van der Waals surface area contributed by atoms with Gasteiger partial charge < -0.3 is 9.47 Å². The van der Waals surface area contributed by atoms with E-state index in [0.717, 1.165) is 6.20 Å². The molecule has 0 bridgehead atoms. The maximum atomic E-state index is 11.5. The van der Waals surface area contributed by atoms with Crippen LogP contribution in [0, 0.1) is 10.1 Å². The van der Waals surface area contributed by atoms with Crippen molar-refractivity contribution in [2.24, 2.45) is 0 Å². The van der Waals surface area contributed by atoms with Crippen molar-refractivity contribution in [3.63, 3.8) is 0 Å². The first-order valence-corrected chi connectivity index (χ1v) is 5.36. The lowest BCUT2D eigenvalue weighted by Crippen LogP contribution is -2.20. The van der Waals surface area contributed by atoms with Gasteiger partial charge in [-0.15, -0.1) is 0 Å². The second-order valence-electron chi connectivity index (χ2n) is 3.43. The number of carbonyl (C=O) groups is 2. The minimum atomic E-state index is -1.02. The van der Waals surface area contributed by atoms with E-state index < -0.39 is 23.1 Å². The van der Waals surface area contributed by atoms with Crippen molar-refractivity contribution in [3.05, 3.63) is 27.9 Å². The smallest absolute Gasteiger partial charge is 0.374 e. The van der Waals surface area contributed by atoms with Crippen molar-refractivity contribution in [2.75, 3.05) is 13.7 Å². The third-order valence-electron chi connectivity index (χ3n) is 2.20. The Balaban J connectivity index is 3.00. The Morgan fingerprint density at radius 3 is 2.68 bits per heavy atom. The molecule has 0 saturated heterocycles. The van der Waals surface area contributed by atoms with Crippen molar-refractivity contribution in [2.45, 2.75) is 13.3 Å². The fourth-order valence-electron chi connectivity index (χ4n) is 1.34.